The monoisotopic (exact) mass is 205 g/mol. The van der Waals surface area contributed by atoms with Crippen molar-refractivity contribution in [3.05, 3.63) is 24.3 Å². The lowest BCUT2D eigenvalue weighted by molar-refractivity contribution is -0.125. The van der Waals surface area contributed by atoms with Gasteiger partial charge in [-0.1, -0.05) is 12.1 Å². The summed E-state index contributed by atoms with van der Waals surface area (Å²) < 4.78 is 5.27. The third-order valence-corrected chi connectivity index (χ3v) is 2.97. The Kier molecular flexibility index (Phi) is 2.62. The molecule has 2 rings (SSSR count). The van der Waals surface area contributed by atoms with E-state index in [9.17, 15) is 4.79 Å². The summed E-state index contributed by atoms with van der Waals surface area (Å²) in [6.07, 6.45) is 1.66. The number of methoxy groups -OCH3 is 1. The normalized spacial score (nSPS) is 19.6. The number of hydrogen-bond acceptors (Lipinski definition) is 3. The Morgan fingerprint density at radius 3 is 2.67 bits per heavy atom. The number of likely N-dealkylation sites (N-methyl/N-ethyl adjacent to an activating group) is 1. The van der Waals surface area contributed by atoms with E-state index in [1.807, 2.05) is 36.2 Å². The molecule has 15 heavy (non-hydrogen) atoms. The second-order valence-electron chi connectivity index (χ2n) is 3.80. The van der Waals surface area contributed by atoms with E-state index in [0.717, 1.165) is 17.9 Å². The molecule has 1 aromatic carbocycles. The summed E-state index contributed by atoms with van der Waals surface area (Å²) in [6.45, 7) is 0. The van der Waals surface area contributed by atoms with Crippen molar-refractivity contribution < 1.29 is 9.53 Å². The number of ether oxygens (including phenoxy) is 1. The molecule has 1 atom stereocenters. The fraction of sp³-hybridized carbons (Fsp3) is 0.417. The lowest BCUT2D eigenvalue weighted by Crippen LogP contribution is -2.45. The van der Waals surface area contributed by atoms with Crippen LogP contribution in [-0.2, 0) is 4.79 Å². The molecule has 0 bridgehead atoms. The van der Waals surface area contributed by atoms with Crippen LogP contribution in [0, 0.1) is 0 Å². The lowest BCUT2D eigenvalue weighted by atomic mass is 9.89. The van der Waals surface area contributed by atoms with E-state index in [4.69, 9.17) is 4.74 Å². The Morgan fingerprint density at radius 2 is 2.13 bits per heavy atom. The quantitative estimate of drug-likeness (QED) is 0.754. The van der Waals surface area contributed by atoms with Crippen molar-refractivity contribution in [2.75, 3.05) is 19.1 Å². The number of carbonyl (C=O) groups excluding carboxylic acids is 1. The third-order valence-electron chi connectivity index (χ3n) is 2.97. The number of rotatable bonds is 3. The smallest absolute Gasteiger partial charge is 0.155 e. The zero-order chi connectivity index (χ0) is 10.8. The molecule has 0 heterocycles. The summed E-state index contributed by atoms with van der Waals surface area (Å²) in [6, 6.07) is 7.82. The molecular weight excluding hydrogens is 190 g/mol. The maximum absolute atomic E-state index is 11.4. The van der Waals surface area contributed by atoms with Crippen molar-refractivity contribution in [1.29, 1.82) is 0 Å². The van der Waals surface area contributed by atoms with Crippen LogP contribution in [0.25, 0.3) is 0 Å². The lowest BCUT2D eigenvalue weighted by Gasteiger charge is -2.35. The summed E-state index contributed by atoms with van der Waals surface area (Å²) in [5.41, 5.74) is 0.984. The van der Waals surface area contributed by atoms with Gasteiger partial charge in [-0.15, -0.1) is 0 Å². The number of anilines is 1. The second-order valence-corrected chi connectivity index (χ2v) is 3.80. The number of ketones is 1. The zero-order valence-electron chi connectivity index (χ0n) is 9.06. The third kappa shape index (κ3) is 1.69. The first-order valence-corrected chi connectivity index (χ1v) is 5.12. The minimum Gasteiger partial charge on any atom is -0.495 e. The molecule has 3 nitrogen and oxygen atoms in total. The predicted octanol–water partition coefficient (Wildman–Crippen LogP) is 1.86. The molecule has 1 fully saturated rings. The average Bonchev–Trinajstić information content (AvgIpc) is 2.26. The van der Waals surface area contributed by atoms with Gasteiger partial charge in [0.1, 0.15) is 5.75 Å². The van der Waals surface area contributed by atoms with E-state index in [-0.39, 0.29) is 6.04 Å². The summed E-state index contributed by atoms with van der Waals surface area (Å²) in [5, 5.41) is 0. The first-order chi connectivity index (χ1) is 7.24. The average molecular weight is 205 g/mol. The van der Waals surface area contributed by atoms with Gasteiger partial charge in [0.2, 0.25) is 0 Å². The van der Waals surface area contributed by atoms with Crippen molar-refractivity contribution in [2.24, 2.45) is 0 Å². The molecule has 0 aromatic heterocycles. The van der Waals surface area contributed by atoms with Crippen LogP contribution >= 0.6 is 0 Å². The molecule has 1 aromatic rings. The van der Waals surface area contributed by atoms with Crippen LogP contribution in [0.5, 0.6) is 5.75 Å². The van der Waals surface area contributed by atoms with E-state index in [1.165, 1.54) is 0 Å². The summed E-state index contributed by atoms with van der Waals surface area (Å²) in [4.78, 5) is 13.4. The highest BCUT2D eigenvalue weighted by atomic mass is 16.5. The first kappa shape index (κ1) is 10.0. The summed E-state index contributed by atoms with van der Waals surface area (Å²) in [5.74, 6) is 1.14. The number of para-hydroxylation sites is 2. The van der Waals surface area contributed by atoms with E-state index >= 15 is 0 Å². The van der Waals surface area contributed by atoms with Gasteiger partial charge in [-0.3, -0.25) is 4.79 Å². The number of Topliss-reactive ketones (excluding diaryl/α,β-unsaturated/α-hetero) is 1. The van der Waals surface area contributed by atoms with Crippen LogP contribution in [0.2, 0.25) is 0 Å². The Bertz CT molecular complexity index is 376. The van der Waals surface area contributed by atoms with Crippen LogP contribution in [0.4, 0.5) is 5.69 Å². The number of hydrogen-bond donors (Lipinski definition) is 0. The van der Waals surface area contributed by atoms with Gasteiger partial charge in [0.25, 0.3) is 0 Å². The van der Waals surface area contributed by atoms with Crippen molar-refractivity contribution >= 4 is 11.5 Å². The van der Waals surface area contributed by atoms with Gasteiger partial charge in [-0.2, -0.15) is 0 Å². The number of benzene rings is 1. The van der Waals surface area contributed by atoms with Crippen molar-refractivity contribution in [3.63, 3.8) is 0 Å². The Balaban J connectivity index is 2.24. The summed E-state index contributed by atoms with van der Waals surface area (Å²) >= 11 is 0. The van der Waals surface area contributed by atoms with E-state index in [0.29, 0.717) is 12.2 Å². The molecule has 0 saturated heterocycles. The van der Waals surface area contributed by atoms with Crippen molar-refractivity contribution in [3.8, 4) is 5.75 Å². The molecule has 0 radical (unpaired) electrons. The van der Waals surface area contributed by atoms with Crippen LogP contribution in [0.15, 0.2) is 24.3 Å². The molecule has 80 valence electrons. The predicted molar refractivity (Wildman–Crippen MR) is 59.4 cm³/mol. The minimum atomic E-state index is 0.0429. The van der Waals surface area contributed by atoms with E-state index < -0.39 is 0 Å². The molecule has 0 spiro atoms. The molecule has 1 aliphatic rings. The highest BCUT2D eigenvalue weighted by Gasteiger charge is 2.32. The fourth-order valence-electron chi connectivity index (χ4n) is 1.89. The fourth-order valence-corrected chi connectivity index (χ4v) is 1.89. The van der Waals surface area contributed by atoms with Gasteiger partial charge in [-0.05, 0) is 18.6 Å². The van der Waals surface area contributed by atoms with Gasteiger partial charge >= 0.3 is 0 Å². The van der Waals surface area contributed by atoms with Crippen molar-refractivity contribution in [1.82, 2.24) is 0 Å². The van der Waals surface area contributed by atoms with Crippen molar-refractivity contribution in [2.45, 2.75) is 18.9 Å². The van der Waals surface area contributed by atoms with Gasteiger partial charge in [0.05, 0.1) is 18.8 Å². The summed E-state index contributed by atoms with van der Waals surface area (Å²) in [7, 11) is 3.59. The molecule has 1 unspecified atom stereocenters. The second kappa shape index (κ2) is 3.93. The maximum atomic E-state index is 11.4. The van der Waals surface area contributed by atoms with Crippen LogP contribution < -0.4 is 9.64 Å². The number of carbonyl (C=O) groups is 1. The molecule has 1 saturated carbocycles. The Labute approximate surface area is 89.7 Å². The Hall–Kier alpha value is -1.51. The highest BCUT2D eigenvalue weighted by molar-refractivity contribution is 5.93. The van der Waals surface area contributed by atoms with Crippen LogP contribution in [-0.4, -0.2) is 26.0 Å². The molecule has 3 heteroatoms. The van der Waals surface area contributed by atoms with E-state index in [2.05, 4.69) is 0 Å². The van der Waals surface area contributed by atoms with Crippen LogP contribution in [0.3, 0.4) is 0 Å². The molecule has 0 amide bonds. The SMILES string of the molecule is COc1ccccc1N(C)C1CCC1=O. The van der Waals surface area contributed by atoms with E-state index in [1.54, 1.807) is 7.11 Å². The standard InChI is InChI=1S/C12H15NO2/c1-13(9-7-8-11(9)14)10-5-3-4-6-12(10)15-2/h3-6,9H,7-8H2,1-2H3. The largest absolute Gasteiger partial charge is 0.495 e. The molecule has 0 N–H and O–H groups in total. The molecule has 1 aliphatic carbocycles. The molecule has 0 aliphatic heterocycles. The van der Waals surface area contributed by atoms with Gasteiger partial charge in [-0.25, -0.2) is 0 Å². The zero-order valence-corrected chi connectivity index (χ0v) is 9.06. The van der Waals surface area contributed by atoms with Gasteiger partial charge < -0.3 is 9.64 Å². The van der Waals surface area contributed by atoms with Crippen LogP contribution in [0.1, 0.15) is 12.8 Å². The first-order valence-electron chi connectivity index (χ1n) is 5.12. The Morgan fingerprint density at radius 1 is 1.40 bits per heavy atom. The number of nitrogens with zero attached hydrogens (tertiary/aromatic N) is 1. The van der Waals surface area contributed by atoms with Gasteiger partial charge in [0, 0.05) is 13.5 Å². The maximum Gasteiger partial charge on any atom is 0.155 e. The highest BCUT2D eigenvalue weighted by Crippen LogP contribution is 2.32. The molecular formula is C12H15NO2. The minimum absolute atomic E-state index is 0.0429. The topological polar surface area (TPSA) is 29.5 Å². The van der Waals surface area contributed by atoms with Gasteiger partial charge in [0.15, 0.2) is 5.78 Å².